The van der Waals surface area contributed by atoms with Crippen molar-refractivity contribution in [3.63, 3.8) is 0 Å². The first-order valence-electron chi connectivity index (χ1n) is 6.64. The predicted molar refractivity (Wildman–Crippen MR) is 84.6 cm³/mol. The highest BCUT2D eigenvalue weighted by molar-refractivity contribution is 6.22. The van der Waals surface area contributed by atoms with Crippen molar-refractivity contribution in [1.82, 2.24) is 0 Å². The molecule has 0 aromatic heterocycles. The van der Waals surface area contributed by atoms with Crippen molar-refractivity contribution >= 4 is 23.2 Å². The fourth-order valence-electron chi connectivity index (χ4n) is 2.26. The van der Waals surface area contributed by atoms with Crippen molar-refractivity contribution < 1.29 is 4.74 Å². The molecule has 0 heterocycles. The van der Waals surface area contributed by atoms with Gasteiger partial charge in [-0.05, 0) is 44.7 Å². The molecular formula is C16H24Cl2O. The van der Waals surface area contributed by atoms with Crippen molar-refractivity contribution in [1.29, 1.82) is 0 Å². The second kappa shape index (κ2) is 6.97. The normalized spacial score (nSPS) is 12.7. The van der Waals surface area contributed by atoms with Crippen LogP contribution in [-0.2, 0) is 10.2 Å². The first kappa shape index (κ1) is 16.8. The Kier molecular flexibility index (Phi) is 6.16. The topological polar surface area (TPSA) is 9.23 Å². The van der Waals surface area contributed by atoms with E-state index in [0.29, 0.717) is 11.8 Å². The van der Waals surface area contributed by atoms with Gasteiger partial charge in [-0.15, -0.1) is 23.2 Å². The molecular weight excluding hydrogens is 279 g/mol. The summed E-state index contributed by atoms with van der Waals surface area (Å²) < 4.78 is 5.50. The van der Waals surface area contributed by atoms with Crippen molar-refractivity contribution in [3.8, 4) is 0 Å². The third-order valence-corrected chi connectivity index (χ3v) is 5.01. The third kappa shape index (κ3) is 4.11. The molecule has 1 nitrogen and oxygen atoms in total. The molecule has 0 fully saturated rings. The van der Waals surface area contributed by atoms with Gasteiger partial charge in [0.15, 0.2) is 0 Å². The summed E-state index contributed by atoms with van der Waals surface area (Å²) in [7, 11) is 1.75. The number of halogens is 2. The maximum atomic E-state index is 6.28. The summed E-state index contributed by atoms with van der Waals surface area (Å²) in [4.78, 5) is 0. The Morgan fingerprint density at radius 3 is 2.11 bits per heavy atom. The van der Waals surface area contributed by atoms with Crippen LogP contribution in [-0.4, -0.2) is 24.5 Å². The summed E-state index contributed by atoms with van der Waals surface area (Å²) in [6.45, 7) is 6.31. The quantitative estimate of drug-likeness (QED) is 0.650. The van der Waals surface area contributed by atoms with Crippen LogP contribution in [0.5, 0.6) is 0 Å². The number of aryl methyl sites for hydroxylation is 1. The molecule has 1 aromatic rings. The van der Waals surface area contributed by atoms with Crippen LogP contribution in [0.1, 0.15) is 37.8 Å². The van der Waals surface area contributed by atoms with E-state index in [1.165, 1.54) is 11.1 Å². The molecule has 0 bridgehead atoms. The van der Waals surface area contributed by atoms with Crippen LogP contribution in [0.3, 0.4) is 0 Å². The lowest BCUT2D eigenvalue weighted by Gasteiger charge is -2.35. The molecule has 0 N–H and O–H groups in total. The van der Waals surface area contributed by atoms with Gasteiger partial charge in [-0.25, -0.2) is 0 Å². The van der Waals surface area contributed by atoms with Crippen molar-refractivity contribution in [2.45, 2.75) is 44.6 Å². The largest absolute Gasteiger partial charge is 0.379 e. The molecule has 0 amide bonds. The molecule has 1 rings (SSSR count). The fraction of sp³-hybridized carbons (Fsp3) is 0.625. The molecule has 0 spiro atoms. The molecule has 0 aliphatic rings. The molecule has 0 aliphatic heterocycles. The number of methoxy groups -OCH3 is 1. The molecule has 108 valence electrons. The maximum absolute atomic E-state index is 6.28. The molecule has 0 saturated carbocycles. The fourth-order valence-corrected chi connectivity index (χ4v) is 3.10. The second-order valence-electron chi connectivity index (χ2n) is 5.83. The Bertz CT molecular complexity index is 397. The van der Waals surface area contributed by atoms with Gasteiger partial charge in [0.1, 0.15) is 0 Å². The Balaban J connectivity index is 3.01. The highest BCUT2D eigenvalue weighted by atomic mass is 35.5. The second-order valence-corrected chi connectivity index (χ2v) is 6.36. The van der Waals surface area contributed by atoms with E-state index in [0.717, 1.165) is 12.8 Å². The number of ether oxygens (including phenoxy) is 1. The minimum atomic E-state index is -0.176. The smallest absolute Gasteiger partial charge is 0.0623 e. The van der Waals surface area contributed by atoms with Gasteiger partial charge in [-0.1, -0.05) is 24.3 Å². The van der Waals surface area contributed by atoms with Crippen LogP contribution in [0.25, 0.3) is 0 Å². The lowest BCUT2D eigenvalue weighted by atomic mass is 9.76. The van der Waals surface area contributed by atoms with Crippen molar-refractivity contribution in [2.24, 2.45) is 0 Å². The van der Waals surface area contributed by atoms with Gasteiger partial charge in [0.2, 0.25) is 0 Å². The maximum Gasteiger partial charge on any atom is 0.0623 e. The van der Waals surface area contributed by atoms with Gasteiger partial charge in [-0.2, -0.15) is 0 Å². The minimum absolute atomic E-state index is 0.147. The van der Waals surface area contributed by atoms with E-state index in [-0.39, 0.29) is 11.0 Å². The number of benzene rings is 1. The van der Waals surface area contributed by atoms with Crippen LogP contribution >= 0.6 is 23.2 Å². The zero-order chi connectivity index (χ0) is 14.5. The highest BCUT2D eigenvalue weighted by Crippen LogP contribution is 2.36. The zero-order valence-electron chi connectivity index (χ0n) is 12.3. The van der Waals surface area contributed by atoms with E-state index in [1.807, 2.05) is 6.07 Å². The Hall–Kier alpha value is -0.240. The molecule has 19 heavy (non-hydrogen) atoms. The third-order valence-electron chi connectivity index (χ3n) is 3.99. The Labute approximate surface area is 127 Å². The molecule has 3 heteroatoms. The van der Waals surface area contributed by atoms with Gasteiger partial charge < -0.3 is 4.74 Å². The summed E-state index contributed by atoms with van der Waals surface area (Å²) in [5.41, 5.74) is 2.18. The summed E-state index contributed by atoms with van der Waals surface area (Å²) >= 11 is 12.6. The molecule has 0 atom stereocenters. The molecule has 0 radical (unpaired) electrons. The summed E-state index contributed by atoms with van der Waals surface area (Å²) in [6.07, 6.45) is 1.85. The average Bonchev–Trinajstić information content (AvgIpc) is 2.42. The van der Waals surface area contributed by atoms with Crippen molar-refractivity contribution in [2.75, 3.05) is 18.9 Å². The molecule has 0 aliphatic carbocycles. The number of hydrogen-bond donors (Lipinski definition) is 0. The van der Waals surface area contributed by atoms with E-state index in [1.54, 1.807) is 7.11 Å². The predicted octanol–water partition coefficient (Wildman–Crippen LogP) is 4.92. The number of hydrogen-bond acceptors (Lipinski definition) is 1. The van der Waals surface area contributed by atoms with E-state index >= 15 is 0 Å². The summed E-state index contributed by atoms with van der Waals surface area (Å²) in [5.74, 6) is 1.06. The van der Waals surface area contributed by atoms with Crippen LogP contribution in [0.15, 0.2) is 24.3 Å². The molecule has 1 aromatic carbocycles. The van der Waals surface area contributed by atoms with Crippen LogP contribution in [0, 0.1) is 6.92 Å². The van der Waals surface area contributed by atoms with Gasteiger partial charge in [0.05, 0.1) is 5.60 Å². The minimum Gasteiger partial charge on any atom is -0.379 e. The van der Waals surface area contributed by atoms with Crippen LogP contribution < -0.4 is 0 Å². The van der Waals surface area contributed by atoms with E-state index in [2.05, 4.69) is 39.0 Å². The average molecular weight is 303 g/mol. The molecule has 0 saturated heterocycles. The zero-order valence-corrected chi connectivity index (χ0v) is 13.8. The van der Waals surface area contributed by atoms with Crippen LogP contribution in [0.2, 0.25) is 0 Å². The lowest BCUT2D eigenvalue weighted by Crippen LogP contribution is -2.35. The van der Waals surface area contributed by atoms with E-state index in [4.69, 9.17) is 27.9 Å². The van der Waals surface area contributed by atoms with E-state index in [9.17, 15) is 0 Å². The standard InChI is InChI=1S/C16H24Cl2O/c1-13-7-5-6-8-14(13)16(11-17,12-18)10-9-15(2,3)19-4/h5-8H,9-12H2,1-4H3. The SMILES string of the molecule is COC(C)(C)CCC(CCl)(CCl)c1ccccc1C. The summed E-state index contributed by atoms with van der Waals surface area (Å²) in [6, 6.07) is 8.35. The monoisotopic (exact) mass is 302 g/mol. The van der Waals surface area contributed by atoms with Crippen LogP contribution in [0.4, 0.5) is 0 Å². The first-order valence-corrected chi connectivity index (χ1v) is 7.71. The number of alkyl halides is 2. The Morgan fingerprint density at radius 1 is 1.05 bits per heavy atom. The van der Waals surface area contributed by atoms with Gasteiger partial charge in [0.25, 0.3) is 0 Å². The van der Waals surface area contributed by atoms with Gasteiger partial charge in [-0.3, -0.25) is 0 Å². The first-order chi connectivity index (χ1) is 8.90. The Morgan fingerprint density at radius 2 is 1.63 bits per heavy atom. The lowest BCUT2D eigenvalue weighted by molar-refractivity contribution is 0.0100. The number of rotatable bonds is 7. The van der Waals surface area contributed by atoms with Crippen molar-refractivity contribution in [3.05, 3.63) is 35.4 Å². The van der Waals surface area contributed by atoms with Gasteiger partial charge in [0, 0.05) is 24.3 Å². The van der Waals surface area contributed by atoms with E-state index < -0.39 is 0 Å². The summed E-state index contributed by atoms with van der Waals surface area (Å²) in [5, 5.41) is 0. The van der Waals surface area contributed by atoms with Gasteiger partial charge >= 0.3 is 0 Å². The molecule has 0 unspecified atom stereocenters. The highest BCUT2D eigenvalue weighted by Gasteiger charge is 2.34.